The van der Waals surface area contributed by atoms with E-state index in [0.717, 1.165) is 16.3 Å². The maximum absolute atomic E-state index is 10.1. The van der Waals surface area contributed by atoms with E-state index in [1.165, 1.54) is 0 Å². The fraction of sp³-hybridized carbons (Fsp3) is 0.462. The van der Waals surface area contributed by atoms with Crippen LogP contribution in [0.1, 0.15) is 43.1 Å². The van der Waals surface area contributed by atoms with Crippen molar-refractivity contribution in [3.63, 3.8) is 0 Å². The van der Waals surface area contributed by atoms with Crippen molar-refractivity contribution in [2.75, 3.05) is 0 Å². The van der Waals surface area contributed by atoms with Crippen molar-refractivity contribution < 1.29 is 5.11 Å². The van der Waals surface area contributed by atoms with Gasteiger partial charge in [0.2, 0.25) is 0 Å². The minimum absolute atomic E-state index is 0.0535. The van der Waals surface area contributed by atoms with Gasteiger partial charge in [-0.15, -0.1) is 11.3 Å². The van der Waals surface area contributed by atoms with E-state index in [0.29, 0.717) is 6.42 Å². The first-order valence-corrected chi connectivity index (χ1v) is 6.74. The highest BCUT2D eigenvalue weighted by atomic mass is 32.1. The van der Waals surface area contributed by atoms with Crippen molar-refractivity contribution in [3.8, 4) is 0 Å². The van der Waals surface area contributed by atoms with Crippen molar-refractivity contribution >= 4 is 11.3 Å². The van der Waals surface area contributed by atoms with Gasteiger partial charge in [-0.05, 0) is 6.07 Å². The molecule has 0 fully saturated rings. The highest BCUT2D eigenvalue weighted by Gasteiger charge is 2.18. The van der Waals surface area contributed by atoms with Crippen molar-refractivity contribution in [1.29, 1.82) is 0 Å². The maximum atomic E-state index is 10.1. The number of thiazole rings is 1. The lowest BCUT2D eigenvalue weighted by Gasteiger charge is -2.14. The molecule has 1 atom stereocenters. The van der Waals surface area contributed by atoms with E-state index in [4.69, 9.17) is 0 Å². The predicted molar refractivity (Wildman–Crippen MR) is 71.5 cm³/mol. The molecule has 5 heteroatoms. The van der Waals surface area contributed by atoms with E-state index in [1.54, 1.807) is 29.8 Å². The van der Waals surface area contributed by atoms with Crippen LogP contribution in [0.4, 0.5) is 0 Å². The van der Waals surface area contributed by atoms with Crippen molar-refractivity contribution in [2.45, 2.75) is 38.7 Å². The molecular weight excluding hydrogens is 246 g/mol. The Morgan fingerprint density at radius 3 is 2.67 bits per heavy atom. The Balaban J connectivity index is 2.08. The Morgan fingerprint density at radius 2 is 2.11 bits per heavy atom. The van der Waals surface area contributed by atoms with E-state index in [2.05, 4.69) is 41.3 Å². The molecule has 0 aliphatic heterocycles. The van der Waals surface area contributed by atoms with Gasteiger partial charge in [-0.25, -0.2) is 4.98 Å². The Labute approximate surface area is 111 Å². The maximum Gasteiger partial charge on any atom is 0.0957 e. The highest BCUT2D eigenvalue weighted by Crippen LogP contribution is 2.26. The van der Waals surface area contributed by atoms with Crippen LogP contribution in [0.3, 0.4) is 0 Å². The molecule has 4 nitrogen and oxygen atoms in total. The summed E-state index contributed by atoms with van der Waals surface area (Å²) in [4.78, 5) is 4.57. The van der Waals surface area contributed by atoms with Crippen LogP contribution in [0.5, 0.6) is 0 Å². The number of aromatic nitrogens is 3. The molecule has 2 aromatic rings. The summed E-state index contributed by atoms with van der Waals surface area (Å²) in [5.74, 6) is 0. The van der Waals surface area contributed by atoms with Crippen LogP contribution < -0.4 is 0 Å². The number of hydrogen-bond donors (Lipinski definition) is 1. The van der Waals surface area contributed by atoms with E-state index in [1.807, 2.05) is 0 Å². The minimum atomic E-state index is -0.570. The first-order valence-electron chi connectivity index (χ1n) is 5.86. The molecule has 0 spiro atoms. The summed E-state index contributed by atoms with van der Waals surface area (Å²) in [5, 5.41) is 20.6. The van der Waals surface area contributed by atoms with E-state index < -0.39 is 6.10 Å². The number of nitrogens with zero attached hydrogens (tertiary/aromatic N) is 3. The van der Waals surface area contributed by atoms with Crippen LogP contribution in [-0.4, -0.2) is 20.3 Å². The zero-order valence-electron chi connectivity index (χ0n) is 10.8. The lowest BCUT2D eigenvalue weighted by Crippen LogP contribution is -2.12. The third kappa shape index (κ3) is 3.11. The van der Waals surface area contributed by atoms with Gasteiger partial charge in [0.1, 0.15) is 0 Å². The van der Waals surface area contributed by atoms with Crippen molar-refractivity contribution in [1.82, 2.24) is 15.2 Å². The fourth-order valence-corrected chi connectivity index (χ4v) is 2.59. The molecule has 0 bridgehead atoms. The van der Waals surface area contributed by atoms with Crippen LogP contribution in [0, 0.1) is 0 Å². The molecule has 0 amide bonds. The Bertz CT molecular complexity index is 504. The molecule has 0 aliphatic rings. The first kappa shape index (κ1) is 13.1. The van der Waals surface area contributed by atoms with Crippen molar-refractivity contribution in [2.24, 2.45) is 0 Å². The summed E-state index contributed by atoms with van der Waals surface area (Å²) in [6, 6.07) is 1.77. The first-order chi connectivity index (χ1) is 8.47. The third-order valence-corrected chi connectivity index (χ3v) is 3.55. The van der Waals surface area contributed by atoms with Gasteiger partial charge in [0.15, 0.2) is 0 Å². The van der Waals surface area contributed by atoms with Crippen molar-refractivity contribution in [3.05, 3.63) is 40.1 Å². The average Bonchev–Trinajstić information content (AvgIpc) is 2.78. The fourth-order valence-electron chi connectivity index (χ4n) is 1.53. The second-order valence-corrected chi connectivity index (χ2v) is 6.21. The SMILES string of the molecule is CC(C)(C)c1csc(CC(O)c2ccnnc2)n1. The molecule has 1 N–H and O–H groups in total. The summed E-state index contributed by atoms with van der Waals surface area (Å²) >= 11 is 1.59. The molecule has 0 radical (unpaired) electrons. The van der Waals surface area contributed by atoms with Gasteiger partial charge in [0.05, 0.1) is 23.0 Å². The molecule has 0 saturated carbocycles. The van der Waals surface area contributed by atoms with E-state index >= 15 is 0 Å². The molecule has 96 valence electrons. The molecule has 0 saturated heterocycles. The molecule has 2 aromatic heterocycles. The lowest BCUT2D eigenvalue weighted by molar-refractivity contribution is 0.177. The second-order valence-electron chi connectivity index (χ2n) is 5.27. The Morgan fingerprint density at radius 1 is 1.33 bits per heavy atom. The number of aliphatic hydroxyl groups is 1. The van der Waals surface area contributed by atoms with Crippen LogP contribution in [0.15, 0.2) is 23.8 Å². The molecule has 0 aliphatic carbocycles. The van der Waals surface area contributed by atoms with Crippen LogP contribution in [-0.2, 0) is 11.8 Å². The zero-order chi connectivity index (χ0) is 13.2. The molecule has 18 heavy (non-hydrogen) atoms. The Hall–Kier alpha value is -1.33. The lowest BCUT2D eigenvalue weighted by atomic mass is 9.93. The van der Waals surface area contributed by atoms with Crippen LogP contribution >= 0.6 is 11.3 Å². The monoisotopic (exact) mass is 263 g/mol. The molecule has 2 heterocycles. The number of hydrogen-bond acceptors (Lipinski definition) is 5. The smallest absolute Gasteiger partial charge is 0.0957 e. The topological polar surface area (TPSA) is 58.9 Å². The number of rotatable bonds is 3. The molecule has 1 unspecified atom stereocenters. The predicted octanol–water partition coefficient (Wildman–Crippen LogP) is 2.51. The largest absolute Gasteiger partial charge is 0.388 e. The van der Waals surface area contributed by atoms with Gasteiger partial charge >= 0.3 is 0 Å². The van der Waals surface area contributed by atoms with Gasteiger partial charge in [0.25, 0.3) is 0 Å². The number of aliphatic hydroxyl groups excluding tert-OH is 1. The van der Waals surface area contributed by atoms with Gasteiger partial charge in [0, 0.05) is 29.0 Å². The molecular formula is C13H17N3OS. The van der Waals surface area contributed by atoms with Gasteiger partial charge in [-0.2, -0.15) is 10.2 Å². The van der Waals surface area contributed by atoms with E-state index in [-0.39, 0.29) is 5.41 Å². The summed E-state index contributed by atoms with van der Waals surface area (Å²) in [5.41, 5.74) is 1.90. The molecule has 0 aromatic carbocycles. The average molecular weight is 263 g/mol. The van der Waals surface area contributed by atoms with Crippen LogP contribution in [0.2, 0.25) is 0 Å². The van der Waals surface area contributed by atoms with Gasteiger partial charge in [-0.1, -0.05) is 20.8 Å². The third-order valence-electron chi connectivity index (χ3n) is 2.68. The van der Waals surface area contributed by atoms with E-state index in [9.17, 15) is 5.11 Å². The zero-order valence-corrected chi connectivity index (χ0v) is 11.6. The van der Waals surface area contributed by atoms with Crippen LogP contribution in [0.25, 0.3) is 0 Å². The van der Waals surface area contributed by atoms with Gasteiger partial charge < -0.3 is 5.11 Å². The quantitative estimate of drug-likeness (QED) is 0.924. The standard InChI is InChI=1S/C13H17N3OS/c1-13(2,3)11-8-18-12(16-11)6-10(17)9-4-5-14-15-7-9/h4-5,7-8,10,17H,6H2,1-3H3. The molecule has 2 rings (SSSR count). The van der Waals surface area contributed by atoms with Gasteiger partial charge in [-0.3, -0.25) is 0 Å². The summed E-state index contributed by atoms with van der Waals surface area (Å²) in [6.45, 7) is 6.40. The summed E-state index contributed by atoms with van der Waals surface area (Å²) in [7, 11) is 0. The summed E-state index contributed by atoms with van der Waals surface area (Å²) < 4.78 is 0. The normalized spacial score (nSPS) is 13.6. The Kier molecular flexibility index (Phi) is 3.73. The second kappa shape index (κ2) is 5.12. The minimum Gasteiger partial charge on any atom is -0.388 e. The highest BCUT2D eigenvalue weighted by molar-refractivity contribution is 7.09. The summed E-state index contributed by atoms with van der Waals surface area (Å²) in [6.07, 6.45) is 3.12.